The van der Waals surface area contributed by atoms with Crippen LogP contribution in [0.3, 0.4) is 0 Å². The fraction of sp³-hybridized carbons (Fsp3) is 0. The van der Waals surface area contributed by atoms with Gasteiger partial charge in [-0.05, 0) is 18.2 Å². The third-order valence-corrected chi connectivity index (χ3v) is 3.71. The molecule has 2 aromatic heterocycles. The van der Waals surface area contributed by atoms with Gasteiger partial charge in [-0.1, -0.05) is 11.6 Å². The van der Waals surface area contributed by atoms with E-state index >= 15 is 0 Å². The summed E-state index contributed by atoms with van der Waals surface area (Å²) in [7, 11) is 0. The second-order valence-electron chi connectivity index (χ2n) is 3.88. The van der Waals surface area contributed by atoms with Crippen molar-refractivity contribution in [2.24, 2.45) is 0 Å². The van der Waals surface area contributed by atoms with Crippen LogP contribution in [0.4, 0.5) is 5.69 Å². The minimum absolute atomic E-state index is 0.0906. The summed E-state index contributed by atoms with van der Waals surface area (Å²) in [6, 6.07) is 6.09. The van der Waals surface area contributed by atoms with Gasteiger partial charge >= 0.3 is 0 Å². The van der Waals surface area contributed by atoms with Crippen molar-refractivity contribution in [3.05, 3.63) is 50.8 Å². The summed E-state index contributed by atoms with van der Waals surface area (Å²) in [5.41, 5.74) is 2.45. The first kappa shape index (κ1) is 12.8. The predicted octanol–water partition coefficient (Wildman–Crippen LogP) is 2.29. The van der Waals surface area contributed by atoms with Crippen molar-refractivity contribution in [1.29, 1.82) is 0 Å². The number of halogens is 1. The largest absolute Gasteiger partial charge is 0.317 e. The van der Waals surface area contributed by atoms with Crippen molar-refractivity contribution in [3.8, 4) is 0 Å². The minimum Gasteiger partial charge on any atom is -0.317 e. The van der Waals surface area contributed by atoms with Crippen LogP contribution in [-0.4, -0.2) is 21.1 Å². The number of carbonyl (C=O) groups excluding carboxylic acids is 1. The van der Waals surface area contributed by atoms with Crippen molar-refractivity contribution < 1.29 is 4.79 Å². The van der Waals surface area contributed by atoms with Gasteiger partial charge in [0.05, 0.1) is 20.9 Å². The summed E-state index contributed by atoms with van der Waals surface area (Å²) in [6.07, 6.45) is 0. The molecule has 0 atom stereocenters. The van der Waals surface area contributed by atoms with Crippen LogP contribution in [0.1, 0.15) is 10.5 Å². The fourth-order valence-electron chi connectivity index (χ4n) is 1.67. The monoisotopic (exact) mass is 306 g/mol. The Morgan fingerprint density at radius 1 is 1.30 bits per heavy atom. The molecular weight excluding hydrogens is 300 g/mol. The first-order valence-electron chi connectivity index (χ1n) is 5.54. The van der Waals surface area contributed by atoms with Gasteiger partial charge in [0, 0.05) is 6.07 Å². The summed E-state index contributed by atoms with van der Waals surface area (Å²) >= 11 is 7.54. The van der Waals surface area contributed by atoms with Gasteiger partial charge in [-0.3, -0.25) is 9.59 Å². The van der Waals surface area contributed by atoms with Crippen molar-refractivity contribution in [2.75, 3.05) is 5.32 Å². The normalized spacial score (nSPS) is 10.7. The predicted molar refractivity (Wildman–Crippen MR) is 77.4 cm³/mol. The lowest BCUT2D eigenvalue weighted by atomic mass is 10.2. The SMILES string of the molecule is O=C(Nc1c(Cl)ccc2scnc12)c1ccc(=O)[nH]n1. The van der Waals surface area contributed by atoms with Crippen LogP contribution in [-0.2, 0) is 0 Å². The standard InChI is InChI=1S/C12H7ClN4O2S/c13-6-1-3-8-11(14-5-20-8)10(6)15-12(19)7-2-4-9(18)17-16-7/h1-5H,(H,15,19)(H,17,18). The van der Waals surface area contributed by atoms with Crippen molar-refractivity contribution in [3.63, 3.8) is 0 Å². The molecule has 0 saturated heterocycles. The van der Waals surface area contributed by atoms with Crippen LogP contribution >= 0.6 is 22.9 Å². The lowest BCUT2D eigenvalue weighted by Crippen LogP contribution is -2.17. The highest BCUT2D eigenvalue weighted by molar-refractivity contribution is 7.16. The molecule has 1 aromatic carbocycles. The maximum atomic E-state index is 12.1. The van der Waals surface area contributed by atoms with E-state index in [4.69, 9.17) is 11.6 Å². The molecule has 0 aliphatic rings. The lowest BCUT2D eigenvalue weighted by Gasteiger charge is -2.07. The van der Waals surface area contributed by atoms with Gasteiger partial charge in [-0.2, -0.15) is 5.10 Å². The third kappa shape index (κ3) is 2.28. The molecule has 0 bridgehead atoms. The van der Waals surface area contributed by atoms with Gasteiger partial charge in [-0.15, -0.1) is 11.3 Å². The number of H-pyrrole nitrogens is 1. The Balaban J connectivity index is 1.98. The number of carbonyl (C=O) groups is 1. The third-order valence-electron chi connectivity index (χ3n) is 2.60. The summed E-state index contributed by atoms with van der Waals surface area (Å²) in [5, 5.41) is 8.92. The van der Waals surface area contributed by atoms with E-state index in [1.807, 2.05) is 6.07 Å². The number of nitrogens with one attached hydrogen (secondary N) is 2. The van der Waals surface area contributed by atoms with Crippen molar-refractivity contribution in [1.82, 2.24) is 15.2 Å². The number of aromatic nitrogens is 3. The quantitative estimate of drug-likeness (QED) is 0.760. The van der Waals surface area contributed by atoms with Gasteiger partial charge in [0.15, 0.2) is 0 Å². The molecule has 0 aliphatic carbocycles. The number of rotatable bonds is 2. The molecule has 3 aromatic rings. The molecule has 0 aliphatic heterocycles. The van der Waals surface area contributed by atoms with Crippen LogP contribution in [0.15, 0.2) is 34.6 Å². The molecule has 0 unspecified atom stereocenters. The highest BCUT2D eigenvalue weighted by Crippen LogP contribution is 2.32. The summed E-state index contributed by atoms with van der Waals surface area (Å²) in [5.74, 6) is -0.469. The minimum atomic E-state index is -0.469. The van der Waals surface area contributed by atoms with E-state index < -0.39 is 5.91 Å². The molecule has 0 radical (unpaired) electrons. The molecule has 20 heavy (non-hydrogen) atoms. The number of benzene rings is 1. The first-order valence-corrected chi connectivity index (χ1v) is 6.80. The number of amides is 1. The molecule has 1 amide bonds. The van der Waals surface area contributed by atoms with Gasteiger partial charge in [0.25, 0.3) is 11.5 Å². The van der Waals surface area contributed by atoms with Crippen LogP contribution in [0, 0.1) is 0 Å². The van der Waals surface area contributed by atoms with E-state index in [1.165, 1.54) is 23.5 Å². The van der Waals surface area contributed by atoms with E-state index in [2.05, 4.69) is 20.5 Å². The second kappa shape index (κ2) is 5.03. The zero-order valence-corrected chi connectivity index (χ0v) is 11.5. The van der Waals surface area contributed by atoms with E-state index in [0.29, 0.717) is 16.2 Å². The molecule has 0 spiro atoms. The van der Waals surface area contributed by atoms with Gasteiger partial charge in [-0.25, -0.2) is 10.1 Å². The van der Waals surface area contributed by atoms with E-state index in [9.17, 15) is 9.59 Å². The average Bonchev–Trinajstić information content (AvgIpc) is 2.91. The molecule has 2 heterocycles. The summed E-state index contributed by atoms with van der Waals surface area (Å²) in [6.45, 7) is 0. The number of thiazole rings is 1. The van der Waals surface area contributed by atoms with E-state index in [1.54, 1.807) is 11.6 Å². The molecule has 8 heteroatoms. The number of hydrogen-bond acceptors (Lipinski definition) is 5. The summed E-state index contributed by atoms with van der Waals surface area (Å²) in [4.78, 5) is 27.2. The number of aromatic amines is 1. The van der Waals surface area contributed by atoms with Gasteiger partial charge in [0.1, 0.15) is 11.2 Å². The number of hydrogen-bond donors (Lipinski definition) is 2. The lowest BCUT2D eigenvalue weighted by molar-refractivity contribution is 0.102. The van der Waals surface area contributed by atoms with Gasteiger partial charge < -0.3 is 5.32 Å². The molecule has 6 nitrogen and oxygen atoms in total. The smallest absolute Gasteiger partial charge is 0.276 e. The zero-order chi connectivity index (χ0) is 14.1. The molecule has 0 saturated carbocycles. The Morgan fingerprint density at radius 2 is 2.15 bits per heavy atom. The van der Waals surface area contributed by atoms with Crippen molar-refractivity contribution >= 4 is 44.7 Å². The van der Waals surface area contributed by atoms with E-state index in [0.717, 1.165) is 4.70 Å². The van der Waals surface area contributed by atoms with Crippen LogP contribution < -0.4 is 10.9 Å². The fourth-order valence-corrected chi connectivity index (χ4v) is 2.56. The number of anilines is 1. The Labute approximate surface area is 121 Å². The maximum Gasteiger partial charge on any atom is 0.276 e. The number of nitrogens with zero attached hydrogens (tertiary/aromatic N) is 2. The molecule has 0 fully saturated rings. The zero-order valence-electron chi connectivity index (χ0n) is 9.88. The highest BCUT2D eigenvalue weighted by Gasteiger charge is 2.14. The average molecular weight is 307 g/mol. The topological polar surface area (TPSA) is 87.7 Å². The first-order chi connectivity index (χ1) is 9.65. The Bertz CT molecular complexity index is 838. The molecule has 2 N–H and O–H groups in total. The van der Waals surface area contributed by atoms with Crippen LogP contribution in [0.25, 0.3) is 10.2 Å². The Morgan fingerprint density at radius 3 is 2.90 bits per heavy atom. The maximum absolute atomic E-state index is 12.1. The van der Waals surface area contributed by atoms with E-state index in [-0.39, 0.29) is 11.3 Å². The van der Waals surface area contributed by atoms with Crippen molar-refractivity contribution in [2.45, 2.75) is 0 Å². The number of fused-ring (bicyclic) bond motifs is 1. The molecule has 3 rings (SSSR count). The highest BCUT2D eigenvalue weighted by atomic mass is 35.5. The van der Waals surface area contributed by atoms with Gasteiger partial charge in [0.2, 0.25) is 0 Å². The van der Waals surface area contributed by atoms with Crippen LogP contribution in [0.5, 0.6) is 0 Å². The van der Waals surface area contributed by atoms with Crippen LogP contribution in [0.2, 0.25) is 5.02 Å². The molecular formula is C12H7ClN4O2S. The Hall–Kier alpha value is -2.25. The Kier molecular flexibility index (Phi) is 3.21. The summed E-state index contributed by atoms with van der Waals surface area (Å²) < 4.78 is 0.916. The molecule has 100 valence electrons. The second-order valence-corrected chi connectivity index (χ2v) is 5.18.